The van der Waals surface area contributed by atoms with Gasteiger partial charge in [0, 0.05) is 70.7 Å². The van der Waals surface area contributed by atoms with Crippen LogP contribution in [0.1, 0.15) is 67.5 Å². The van der Waals surface area contributed by atoms with Gasteiger partial charge in [0.05, 0.1) is 47.7 Å². The van der Waals surface area contributed by atoms with E-state index in [9.17, 15) is 14.4 Å². The zero-order valence-corrected chi connectivity index (χ0v) is 28.2. The van der Waals surface area contributed by atoms with Gasteiger partial charge in [0.2, 0.25) is 0 Å². The molecule has 1 spiro atoms. The van der Waals surface area contributed by atoms with Crippen LogP contribution in [-0.4, -0.2) is 89.0 Å². The number of ether oxygens (including phenoxy) is 1. The van der Waals surface area contributed by atoms with Crippen LogP contribution in [0.15, 0.2) is 73.1 Å². The van der Waals surface area contributed by atoms with Crippen molar-refractivity contribution in [3.63, 3.8) is 0 Å². The van der Waals surface area contributed by atoms with Gasteiger partial charge in [-0.3, -0.25) is 24.3 Å². The average Bonchev–Trinajstić information content (AvgIpc) is 3.51. The van der Waals surface area contributed by atoms with Crippen LogP contribution in [0.3, 0.4) is 0 Å². The van der Waals surface area contributed by atoms with Crippen LogP contribution in [0.5, 0.6) is 0 Å². The fraction of sp³-hybridized carbons (Fsp3) is 0.378. The standard InChI is InChI=1S/C37H42N8O4/c1-42(2)36(48)27-7-5-25(6-8-27)22-44-17-18-45-32(37(44)15-4-16-37)21-39-33(45)35(47)40-19-28-11-12-29(20-38-28)41-34(46)26-9-13-30(14-10-26)43-23-31(24-43)49-3/h5-14,20-21,31H,4,15-19,22-24H2,1-3H3,(H,40,47)(H,41,46). The molecule has 4 heterocycles. The number of anilines is 2. The monoisotopic (exact) mass is 662 g/mol. The van der Waals surface area contributed by atoms with Gasteiger partial charge in [0.25, 0.3) is 17.7 Å². The molecule has 0 bridgehead atoms. The second kappa shape index (κ2) is 13.4. The predicted molar refractivity (Wildman–Crippen MR) is 185 cm³/mol. The predicted octanol–water partition coefficient (Wildman–Crippen LogP) is 3.89. The van der Waals surface area contributed by atoms with Gasteiger partial charge in [-0.15, -0.1) is 0 Å². The van der Waals surface area contributed by atoms with Gasteiger partial charge in [-0.05, 0) is 73.4 Å². The lowest BCUT2D eigenvalue weighted by Crippen LogP contribution is -2.56. The van der Waals surface area contributed by atoms with Crippen LogP contribution in [-0.2, 0) is 29.9 Å². The minimum Gasteiger partial charge on any atom is -0.378 e. The Balaban J connectivity index is 0.936. The third-order valence-corrected chi connectivity index (χ3v) is 10.1. The van der Waals surface area contributed by atoms with E-state index >= 15 is 0 Å². The van der Waals surface area contributed by atoms with Gasteiger partial charge in [-0.2, -0.15) is 0 Å². The highest BCUT2D eigenvalue weighted by Gasteiger charge is 2.49. The maximum atomic E-state index is 13.3. The molecule has 0 unspecified atom stereocenters. The second-order valence-corrected chi connectivity index (χ2v) is 13.3. The molecule has 7 rings (SSSR count). The van der Waals surface area contributed by atoms with Crippen molar-refractivity contribution in [1.82, 2.24) is 29.7 Å². The van der Waals surface area contributed by atoms with Crippen molar-refractivity contribution in [2.24, 2.45) is 0 Å². The maximum absolute atomic E-state index is 13.3. The summed E-state index contributed by atoms with van der Waals surface area (Å²) < 4.78 is 7.41. The lowest BCUT2D eigenvalue weighted by atomic mass is 9.72. The number of nitrogens with one attached hydrogen (secondary N) is 2. The lowest BCUT2D eigenvalue weighted by Gasteiger charge is -2.53. The molecule has 2 aromatic heterocycles. The molecular weight excluding hydrogens is 620 g/mol. The minimum absolute atomic E-state index is 0.00653. The SMILES string of the molecule is COC1CN(c2ccc(C(=O)Nc3ccc(CNC(=O)c4ncc5n4CCN(Cc4ccc(C(=O)N(C)C)cc4)C54CCC4)nc3)cc2)C1. The van der Waals surface area contributed by atoms with Crippen LogP contribution in [0.2, 0.25) is 0 Å². The molecule has 0 radical (unpaired) electrons. The first-order chi connectivity index (χ1) is 23.7. The first-order valence-corrected chi connectivity index (χ1v) is 16.8. The quantitative estimate of drug-likeness (QED) is 0.262. The lowest BCUT2D eigenvalue weighted by molar-refractivity contribution is -0.0217. The van der Waals surface area contributed by atoms with E-state index in [0.29, 0.717) is 34.9 Å². The number of carbonyl (C=O) groups is 3. The van der Waals surface area contributed by atoms with Crippen LogP contribution in [0, 0.1) is 0 Å². The van der Waals surface area contributed by atoms with Crippen molar-refractivity contribution in [3.8, 4) is 0 Å². The molecule has 12 nitrogen and oxygen atoms in total. The molecule has 1 saturated heterocycles. The van der Waals surface area contributed by atoms with Gasteiger partial charge in [0.1, 0.15) is 0 Å². The van der Waals surface area contributed by atoms with E-state index in [1.165, 1.54) is 0 Å². The molecule has 1 aliphatic carbocycles. The summed E-state index contributed by atoms with van der Waals surface area (Å²) in [5.41, 5.74) is 5.65. The molecule has 2 fully saturated rings. The Bertz CT molecular complexity index is 1830. The number of hydrogen-bond donors (Lipinski definition) is 2. The molecular formula is C37H42N8O4. The van der Waals surface area contributed by atoms with Crippen molar-refractivity contribution >= 4 is 29.1 Å². The molecule has 49 heavy (non-hydrogen) atoms. The Morgan fingerprint density at radius 3 is 2.27 bits per heavy atom. The number of amides is 3. The number of methoxy groups -OCH3 is 1. The summed E-state index contributed by atoms with van der Waals surface area (Å²) >= 11 is 0. The number of hydrogen-bond acceptors (Lipinski definition) is 8. The number of fused-ring (bicyclic) bond motifs is 2. The van der Waals surface area contributed by atoms with Crippen molar-refractivity contribution in [2.75, 3.05) is 51.1 Å². The Morgan fingerprint density at radius 1 is 0.898 bits per heavy atom. The molecule has 3 aliphatic rings. The van der Waals surface area contributed by atoms with Crippen LogP contribution < -0.4 is 15.5 Å². The van der Waals surface area contributed by atoms with Crippen LogP contribution >= 0.6 is 0 Å². The second-order valence-electron chi connectivity index (χ2n) is 13.3. The van der Waals surface area contributed by atoms with Gasteiger partial charge in [-0.25, -0.2) is 4.98 Å². The minimum atomic E-state index is -0.242. The summed E-state index contributed by atoms with van der Waals surface area (Å²) in [6, 6.07) is 19.0. The Labute approximate surface area is 286 Å². The molecule has 3 amide bonds. The number of rotatable bonds is 10. The zero-order chi connectivity index (χ0) is 34.1. The van der Waals surface area contributed by atoms with Crippen molar-refractivity contribution in [2.45, 2.75) is 50.5 Å². The molecule has 12 heteroatoms. The Hall–Kier alpha value is -5.07. The molecule has 2 aromatic carbocycles. The maximum Gasteiger partial charge on any atom is 0.287 e. The van der Waals surface area contributed by atoms with Gasteiger partial charge in [-0.1, -0.05) is 12.1 Å². The fourth-order valence-corrected chi connectivity index (χ4v) is 6.97. The number of carbonyl (C=O) groups excluding carboxylic acids is 3. The first kappa shape index (κ1) is 32.5. The molecule has 4 aromatic rings. The Morgan fingerprint density at radius 2 is 1.63 bits per heavy atom. The van der Waals surface area contributed by atoms with Crippen LogP contribution in [0.4, 0.5) is 11.4 Å². The first-order valence-electron chi connectivity index (χ1n) is 16.8. The third-order valence-electron chi connectivity index (χ3n) is 10.1. The number of pyridine rings is 1. The fourth-order valence-electron chi connectivity index (χ4n) is 6.97. The van der Waals surface area contributed by atoms with E-state index < -0.39 is 0 Å². The number of aromatic nitrogens is 3. The molecule has 254 valence electrons. The average molecular weight is 663 g/mol. The third kappa shape index (κ3) is 6.41. The number of benzene rings is 2. The topological polar surface area (TPSA) is 125 Å². The van der Waals surface area contributed by atoms with E-state index in [1.54, 1.807) is 44.4 Å². The van der Waals surface area contributed by atoms with Crippen molar-refractivity contribution < 1.29 is 19.1 Å². The van der Waals surface area contributed by atoms with E-state index in [0.717, 1.165) is 62.4 Å². The van der Waals surface area contributed by atoms with E-state index in [1.807, 2.05) is 54.7 Å². The van der Waals surface area contributed by atoms with Crippen molar-refractivity contribution in [1.29, 1.82) is 0 Å². The molecule has 2 aliphatic heterocycles. The van der Waals surface area contributed by atoms with Crippen LogP contribution in [0.25, 0.3) is 0 Å². The Kier molecular flexibility index (Phi) is 8.91. The summed E-state index contributed by atoms with van der Waals surface area (Å²) in [5.74, 6) is -0.0501. The smallest absolute Gasteiger partial charge is 0.287 e. The molecule has 1 saturated carbocycles. The highest BCUT2D eigenvalue weighted by atomic mass is 16.5. The summed E-state index contributed by atoms with van der Waals surface area (Å²) in [6.45, 7) is 4.17. The summed E-state index contributed by atoms with van der Waals surface area (Å²) in [4.78, 5) is 53.8. The van der Waals surface area contributed by atoms with Crippen molar-refractivity contribution in [3.05, 3.63) is 107 Å². The summed E-state index contributed by atoms with van der Waals surface area (Å²) in [7, 11) is 5.24. The summed E-state index contributed by atoms with van der Waals surface area (Å²) in [6.07, 6.45) is 6.88. The summed E-state index contributed by atoms with van der Waals surface area (Å²) in [5, 5.41) is 5.87. The highest BCUT2D eigenvalue weighted by molar-refractivity contribution is 6.04. The number of nitrogens with zero attached hydrogens (tertiary/aromatic N) is 6. The van der Waals surface area contributed by atoms with E-state index in [-0.39, 0.29) is 35.9 Å². The van der Waals surface area contributed by atoms with Gasteiger partial charge < -0.3 is 29.7 Å². The van der Waals surface area contributed by atoms with E-state index in [2.05, 4.69) is 35.0 Å². The van der Waals surface area contributed by atoms with E-state index in [4.69, 9.17) is 4.74 Å². The highest BCUT2D eigenvalue weighted by Crippen LogP contribution is 2.49. The van der Waals surface area contributed by atoms with Gasteiger partial charge >= 0.3 is 0 Å². The molecule has 2 N–H and O–H groups in total. The largest absolute Gasteiger partial charge is 0.378 e. The molecule has 0 atom stereocenters. The van der Waals surface area contributed by atoms with Gasteiger partial charge in [0.15, 0.2) is 5.82 Å². The zero-order valence-electron chi connectivity index (χ0n) is 28.2. The normalized spacial score (nSPS) is 16.8. The number of imidazole rings is 1.